The highest BCUT2D eigenvalue weighted by Crippen LogP contribution is 2.62. The Hall–Kier alpha value is 0. The molecule has 3 atom stereocenters. The van der Waals surface area contributed by atoms with Gasteiger partial charge in [-0.05, 0) is 45.8 Å². The van der Waals surface area contributed by atoms with Crippen LogP contribution < -0.4 is 0 Å². The molecule has 3 unspecified atom stereocenters. The first-order valence-electron chi connectivity index (χ1n) is 8.19. The average Bonchev–Trinajstić information content (AvgIpc) is 2.24. The fourth-order valence-corrected chi connectivity index (χ4v) is 4.37. The van der Waals surface area contributed by atoms with Crippen LogP contribution in [0.25, 0.3) is 0 Å². The van der Waals surface area contributed by atoms with Crippen molar-refractivity contribution in [3.8, 4) is 0 Å². The van der Waals surface area contributed by atoms with Crippen LogP contribution in [0.15, 0.2) is 0 Å². The third-order valence-electron chi connectivity index (χ3n) is 8.48. The zero-order valence-electron chi connectivity index (χ0n) is 15.4. The standard InChI is InChI=1S/C19H38/c1-13-12-16(4,5)18(8,9)14(2)15(3)19(10,11)17(13,6)7/h13-15H,12H2,1-11H3. The molecule has 1 saturated carbocycles. The van der Waals surface area contributed by atoms with Crippen molar-refractivity contribution in [3.63, 3.8) is 0 Å². The summed E-state index contributed by atoms with van der Waals surface area (Å²) in [7, 11) is 0. The minimum atomic E-state index is 0.375. The van der Waals surface area contributed by atoms with E-state index in [-0.39, 0.29) is 0 Å². The van der Waals surface area contributed by atoms with Crippen molar-refractivity contribution in [2.75, 3.05) is 0 Å². The Bertz CT molecular complexity index is 328. The average molecular weight is 267 g/mol. The summed E-state index contributed by atoms with van der Waals surface area (Å²) >= 11 is 0. The number of hydrogen-bond donors (Lipinski definition) is 0. The van der Waals surface area contributed by atoms with Crippen molar-refractivity contribution in [2.24, 2.45) is 39.4 Å². The molecule has 19 heavy (non-hydrogen) atoms. The second kappa shape index (κ2) is 4.50. The molecular formula is C19H38. The maximum Gasteiger partial charge on any atom is -0.0272 e. The van der Waals surface area contributed by atoms with Gasteiger partial charge < -0.3 is 0 Å². The maximum absolute atomic E-state index is 2.50. The maximum atomic E-state index is 2.50. The largest absolute Gasteiger partial charge is 0.0620 e. The summed E-state index contributed by atoms with van der Waals surface area (Å²) in [5.41, 5.74) is 1.54. The van der Waals surface area contributed by atoms with Gasteiger partial charge >= 0.3 is 0 Å². The molecule has 0 bridgehead atoms. The highest BCUT2D eigenvalue weighted by molar-refractivity contribution is 5.03. The van der Waals surface area contributed by atoms with Crippen LogP contribution in [-0.4, -0.2) is 0 Å². The van der Waals surface area contributed by atoms with Crippen molar-refractivity contribution < 1.29 is 0 Å². The topological polar surface area (TPSA) is 0 Å². The Labute approximate surface area is 122 Å². The summed E-state index contributed by atoms with van der Waals surface area (Å²) in [5, 5.41) is 0. The van der Waals surface area contributed by atoms with Crippen molar-refractivity contribution in [1.82, 2.24) is 0 Å². The fourth-order valence-electron chi connectivity index (χ4n) is 4.37. The van der Waals surface area contributed by atoms with Gasteiger partial charge in [0.1, 0.15) is 0 Å². The van der Waals surface area contributed by atoms with Gasteiger partial charge in [-0.2, -0.15) is 0 Å². The number of hydrogen-bond acceptors (Lipinski definition) is 0. The molecule has 1 fully saturated rings. The van der Waals surface area contributed by atoms with E-state index in [4.69, 9.17) is 0 Å². The summed E-state index contributed by atoms with van der Waals surface area (Å²) in [6, 6.07) is 0. The molecule has 0 aromatic heterocycles. The van der Waals surface area contributed by atoms with Crippen molar-refractivity contribution >= 4 is 0 Å². The molecule has 0 aromatic rings. The van der Waals surface area contributed by atoms with E-state index in [1.54, 1.807) is 0 Å². The second-order valence-electron chi connectivity index (χ2n) is 9.73. The minimum Gasteiger partial charge on any atom is -0.0620 e. The Kier molecular flexibility index (Phi) is 4.04. The molecule has 0 aromatic carbocycles. The first-order valence-corrected chi connectivity index (χ1v) is 8.19. The van der Waals surface area contributed by atoms with Crippen molar-refractivity contribution in [2.45, 2.75) is 82.6 Å². The fraction of sp³-hybridized carbons (Fsp3) is 1.00. The van der Waals surface area contributed by atoms with Crippen molar-refractivity contribution in [3.05, 3.63) is 0 Å². The van der Waals surface area contributed by atoms with Crippen LogP contribution in [0.1, 0.15) is 82.6 Å². The Morgan fingerprint density at radius 1 is 0.579 bits per heavy atom. The normalized spacial score (nSPS) is 40.3. The van der Waals surface area contributed by atoms with Gasteiger partial charge in [0.05, 0.1) is 0 Å². The van der Waals surface area contributed by atoms with Crippen LogP contribution >= 0.6 is 0 Å². The van der Waals surface area contributed by atoms with Crippen LogP contribution in [0.2, 0.25) is 0 Å². The zero-order chi connectivity index (χ0) is 15.4. The van der Waals surface area contributed by atoms with E-state index < -0.39 is 0 Å². The van der Waals surface area contributed by atoms with E-state index in [9.17, 15) is 0 Å². The van der Waals surface area contributed by atoms with E-state index in [1.807, 2.05) is 0 Å². The van der Waals surface area contributed by atoms with E-state index in [0.29, 0.717) is 21.7 Å². The monoisotopic (exact) mass is 266 g/mol. The molecule has 0 spiro atoms. The molecule has 0 radical (unpaired) electrons. The van der Waals surface area contributed by atoms with Gasteiger partial charge in [0.25, 0.3) is 0 Å². The smallest absolute Gasteiger partial charge is 0.0272 e. The van der Waals surface area contributed by atoms with Crippen molar-refractivity contribution in [1.29, 1.82) is 0 Å². The Morgan fingerprint density at radius 2 is 0.947 bits per heavy atom. The Morgan fingerprint density at radius 3 is 1.37 bits per heavy atom. The summed E-state index contributed by atoms with van der Waals surface area (Å²) < 4.78 is 0. The molecule has 0 saturated heterocycles. The van der Waals surface area contributed by atoms with E-state index in [2.05, 4.69) is 76.2 Å². The summed E-state index contributed by atoms with van der Waals surface area (Å²) in [6.07, 6.45) is 1.33. The highest BCUT2D eigenvalue weighted by Gasteiger charge is 2.55. The summed E-state index contributed by atoms with van der Waals surface area (Å²) in [6.45, 7) is 27.4. The zero-order valence-corrected chi connectivity index (χ0v) is 15.4. The molecule has 0 heteroatoms. The predicted octanol–water partition coefficient (Wildman–Crippen LogP) is 6.40. The molecule has 1 rings (SSSR count). The molecule has 0 N–H and O–H groups in total. The van der Waals surface area contributed by atoms with E-state index in [1.165, 1.54) is 6.42 Å². The van der Waals surface area contributed by atoms with Gasteiger partial charge in [-0.3, -0.25) is 0 Å². The van der Waals surface area contributed by atoms with Gasteiger partial charge in [-0.15, -0.1) is 0 Å². The summed E-state index contributed by atoms with van der Waals surface area (Å²) in [4.78, 5) is 0. The van der Waals surface area contributed by atoms with E-state index >= 15 is 0 Å². The van der Waals surface area contributed by atoms with Gasteiger partial charge in [-0.25, -0.2) is 0 Å². The third kappa shape index (κ3) is 2.28. The molecule has 0 amide bonds. The van der Waals surface area contributed by atoms with Crippen LogP contribution in [-0.2, 0) is 0 Å². The van der Waals surface area contributed by atoms with Gasteiger partial charge in [0, 0.05) is 0 Å². The van der Waals surface area contributed by atoms with Gasteiger partial charge in [-0.1, -0.05) is 76.2 Å². The minimum absolute atomic E-state index is 0.375. The lowest BCUT2D eigenvalue weighted by atomic mass is 9.44. The molecule has 1 aliphatic rings. The van der Waals surface area contributed by atoms with Crippen LogP contribution in [0, 0.1) is 39.4 Å². The van der Waals surface area contributed by atoms with Gasteiger partial charge in [0.15, 0.2) is 0 Å². The van der Waals surface area contributed by atoms with Crippen LogP contribution in [0.4, 0.5) is 0 Å². The molecule has 0 heterocycles. The van der Waals surface area contributed by atoms with Crippen LogP contribution in [0.5, 0.6) is 0 Å². The van der Waals surface area contributed by atoms with E-state index in [0.717, 1.165) is 17.8 Å². The Balaban J connectivity index is 3.40. The predicted molar refractivity (Wildman–Crippen MR) is 87.2 cm³/mol. The molecule has 1 aliphatic carbocycles. The third-order valence-corrected chi connectivity index (χ3v) is 8.48. The molecular weight excluding hydrogens is 228 g/mol. The second-order valence-corrected chi connectivity index (χ2v) is 9.73. The lowest BCUT2D eigenvalue weighted by Gasteiger charge is -2.61. The quantitative estimate of drug-likeness (QED) is 0.475. The molecule has 114 valence electrons. The van der Waals surface area contributed by atoms with Gasteiger partial charge in [0.2, 0.25) is 0 Å². The highest BCUT2D eigenvalue weighted by atomic mass is 14.6. The molecule has 0 nitrogen and oxygen atoms in total. The number of rotatable bonds is 0. The first kappa shape index (κ1) is 17.1. The lowest BCUT2D eigenvalue weighted by Crippen LogP contribution is -2.54. The summed E-state index contributed by atoms with van der Waals surface area (Å²) in [5.74, 6) is 2.23. The first-order chi connectivity index (χ1) is 8.19. The molecule has 0 aliphatic heterocycles. The lowest BCUT2D eigenvalue weighted by molar-refractivity contribution is -0.119. The SMILES string of the molecule is CC1C(C)C(C)(C)C(C)(C)C(C)CC(C)(C)C1(C)C. The van der Waals surface area contributed by atoms with Crippen LogP contribution in [0.3, 0.4) is 0 Å².